The smallest absolute Gasteiger partial charge is 0.306 e. The lowest BCUT2D eigenvalue weighted by molar-refractivity contribution is -0.141. The number of aromatic nitrogens is 1. The molecule has 0 saturated heterocycles. The van der Waals surface area contributed by atoms with Gasteiger partial charge < -0.3 is 9.84 Å². The Bertz CT molecular complexity index is 924. The van der Waals surface area contributed by atoms with Gasteiger partial charge in [0.05, 0.1) is 18.0 Å². The summed E-state index contributed by atoms with van der Waals surface area (Å²) in [5.74, 6) is -0.495. The summed E-state index contributed by atoms with van der Waals surface area (Å²) in [7, 11) is 0. The third-order valence-electron chi connectivity index (χ3n) is 4.55. The summed E-state index contributed by atoms with van der Waals surface area (Å²) in [4.78, 5) is 15.5. The van der Waals surface area contributed by atoms with E-state index in [2.05, 4.69) is 4.98 Å². The molecule has 0 aliphatic rings. The van der Waals surface area contributed by atoms with Crippen LogP contribution in [0, 0.1) is 5.92 Å². The van der Waals surface area contributed by atoms with Crippen LogP contribution in [0.25, 0.3) is 22.0 Å². The van der Waals surface area contributed by atoms with Crippen molar-refractivity contribution in [2.24, 2.45) is 5.92 Å². The third-order valence-corrected chi connectivity index (χ3v) is 4.80. The number of carboxylic acid groups (broad SMARTS) is 1. The molecule has 0 amide bonds. The van der Waals surface area contributed by atoms with Crippen LogP contribution < -0.4 is 4.74 Å². The molecule has 1 unspecified atom stereocenters. The van der Waals surface area contributed by atoms with Crippen LogP contribution in [0.15, 0.2) is 54.6 Å². The molecule has 1 atom stereocenters. The molecule has 2 aromatic carbocycles. The van der Waals surface area contributed by atoms with Crippen LogP contribution >= 0.6 is 11.6 Å². The fourth-order valence-corrected chi connectivity index (χ4v) is 3.07. The SMILES string of the molecule is CC(CCCCOc1cc(-c2ccc(Cl)cc2)c2ccccc2n1)C(=O)O. The molecule has 0 fully saturated rings. The summed E-state index contributed by atoms with van der Waals surface area (Å²) in [6.07, 6.45) is 2.26. The molecule has 0 spiro atoms. The zero-order valence-corrected chi connectivity index (χ0v) is 15.9. The number of rotatable bonds is 8. The zero-order valence-electron chi connectivity index (χ0n) is 15.2. The minimum Gasteiger partial charge on any atom is -0.481 e. The van der Waals surface area contributed by atoms with Gasteiger partial charge in [-0.2, -0.15) is 0 Å². The predicted octanol–water partition coefficient (Wildman–Crippen LogP) is 5.83. The van der Waals surface area contributed by atoms with Crippen LogP contribution in [0.1, 0.15) is 26.2 Å². The van der Waals surface area contributed by atoms with E-state index in [-0.39, 0.29) is 5.92 Å². The Labute approximate surface area is 163 Å². The van der Waals surface area contributed by atoms with Gasteiger partial charge in [0.25, 0.3) is 0 Å². The summed E-state index contributed by atoms with van der Waals surface area (Å²) >= 11 is 6.01. The maximum atomic E-state index is 10.9. The van der Waals surface area contributed by atoms with Crippen molar-refractivity contribution >= 4 is 28.5 Å². The van der Waals surface area contributed by atoms with E-state index < -0.39 is 5.97 Å². The van der Waals surface area contributed by atoms with Crippen molar-refractivity contribution < 1.29 is 14.6 Å². The molecular weight excluding hydrogens is 362 g/mol. The molecule has 27 heavy (non-hydrogen) atoms. The van der Waals surface area contributed by atoms with E-state index in [1.54, 1.807) is 6.92 Å². The highest BCUT2D eigenvalue weighted by Gasteiger charge is 2.11. The maximum Gasteiger partial charge on any atom is 0.306 e. The molecule has 1 aromatic heterocycles. The van der Waals surface area contributed by atoms with Gasteiger partial charge in [-0.1, -0.05) is 48.9 Å². The van der Waals surface area contributed by atoms with E-state index in [9.17, 15) is 4.79 Å². The fraction of sp³-hybridized carbons (Fsp3) is 0.273. The normalized spacial score (nSPS) is 12.1. The van der Waals surface area contributed by atoms with E-state index in [0.29, 0.717) is 23.9 Å². The van der Waals surface area contributed by atoms with Crippen LogP contribution in [0.2, 0.25) is 5.02 Å². The molecule has 4 nitrogen and oxygen atoms in total. The number of pyridine rings is 1. The Balaban J connectivity index is 1.74. The van der Waals surface area contributed by atoms with Gasteiger partial charge in [-0.3, -0.25) is 4.79 Å². The topological polar surface area (TPSA) is 59.4 Å². The van der Waals surface area contributed by atoms with Gasteiger partial charge in [-0.15, -0.1) is 0 Å². The van der Waals surface area contributed by atoms with Gasteiger partial charge in [0.15, 0.2) is 0 Å². The molecule has 140 valence electrons. The molecular formula is C22H22ClNO3. The van der Waals surface area contributed by atoms with Gasteiger partial charge in [-0.25, -0.2) is 4.98 Å². The van der Waals surface area contributed by atoms with Crippen molar-refractivity contribution in [1.82, 2.24) is 4.98 Å². The van der Waals surface area contributed by atoms with Gasteiger partial charge >= 0.3 is 5.97 Å². The lowest BCUT2D eigenvalue weighted by Crippen LogP contribution is -2.09. The first-order valence-corrected chi connectivity index (χ1v) is 9.44. The van der Waals surface area contributed by atoms with E-state index in [1.165, 1.54) is 0 Å². The molecule has 0 aliphatic carbocycles. The van der Waals surface area contributed by atoms with E-state index in [0.717, 1.165) is 34.9 Å². The number of fused-ring (bicyclic) bond motifs is 1. The monoisotopic (exact) mass is 383 g/mol. The molecule has 3 rings (SSSR count). The average molecular weight is 384 g/mol. The van der Waals surface area contributed by atoms with E-state index in [4.69, 9.17) is 21.4 Å². The second kappa shape index (κ2) is 8.87. The lowest BCUT2D eigenvalue weighted by atomic mass is 10.0. The second-order valence-corrected chi connectivity index (χ2v) is 7.05. The summed E-state index contributed by atoms with van der Waals surface area (Å²) in [5, 5.41) is 10.7. The first-order chi connectivity index (χ1) is 13.0. The zero-order chi connectivity index (χ0) is 19.2. The quantitative estimate of drug-likeness (QED) is 0.497. The Morgan fingerprint density at radius 3 is 2.63 bits per heavy atom. The number of hydrogen-bond acceptors (Lipinski definition) is 3. The Morgan fingerprint density at radius 2 is 1.89 bits per heavy atom. The second-order valence-electron chi connectivity index (χ2n) is 6.62. The van der Waals surface area contributed by atoms with Crippen molar-refractivity contribution in [3.8, 4) is 17.0 Å². The molecule has 0 bridgehead atoms. The lowest BCUT2D eigenvalue weighted by Gasteiger charge is -2.11. The van der Waals surface area contributed by atoms with Crippen molar-refractivity contribution in [2.75, 3.05) is 6.61 Å². The summed E-state index contributed by atoms with van der Waals surface area (Å²) in [6.45, 7) is 2.24. The minimum atomic E-state index is -0.750. The number of carboxylic acids is 1. The predicted molar refractivity (Wildman–Crippen MR) is 108 cm³/mol. The van der Waals surface area contributed by atoms with Crippen LogP contribution in [-0.4, -0.2) is 22.7 Å². The van der Waals surface area contributed by atoms with Crippen LogP contribution in [-0.2, 0) is 4.79 Å². The standard InChI is InChI=1S/C22H22ClNO3/c1-15(22(25)26)6-4-5-13-27-21-14-19(16-9-11-17(23)12-10-16)18-7-2-3-8-20(18)24-21/h2-3,7-12,14-15H,4-6,13H2,1H3,(H,25,26). The number of halogens is 1. The highest BCUT2D eigenvalue weighted by Crippen LogP contribution is 2.31. The number of para-hydroxylation sites is 1. The van der Waals surface area contributed by atoms with Gasteiger partial charge in [-0.05, 0) is 48.6 Å². The van der Waals surface area contributed by atoms with Gasteiger partial charge in [0.2, 0.25) is 5.88 Å². The van der Waals surface area contributed by atoms with E-state index >= 15 is 0 Å². The highest BCUT2D eigenvalue weighted by molar-refractivity contribution is 6.30. The Morgan fingerprint density at radius 1 is 1.15 bits per heavy atom. The third kappa shape index (κ3) is 4.98. The fourth-order valence-electron chi connectivity index (χ4n) is 2.95. The first kappa shape index (κ1) is 19.2. The highest BCUT2D eigenvalue weighted by atomic mass is 35.5. The van der Waals surface area contributed by atoms with Crippen molar-refractivity contribution in [3.05, 3.63) is 59.6 Å². The minimum absolute atomic E-state index is 0.319. The Kier molecular flexibility index (Phi) is 6.30. The number of benzene rings is 2. The molecule has 5 heteroatoms. The van der Waals surface area contributed by atoms with Crippen molar-refractivity contribution in [2.45, 2.75) is 26.2 Å². The van der Waals surface area contributed by atoms with E-state index in [1.807, 2.05) is 54.6 Å². The molecule has 1 heterocycles. The van der Waals surface area contributed by atoms with Crippen molar-refractivity contribution in [1.29, 1.82) is 0 Å². The van der Waals surface area contributed by atoms with Gasteiger partial charge in [0.1, 0.15) is 0 Å². The number of ether oxygens (including phenoxy) is 1. The first-order valence-electron chi connectivity index (χ1n) is 9.06. The van der Waals surface area contributed by atoms with Crippen molar-refractivity contribution in [3.63, 3.8) is 0 Å². The largest absolute Gasteiger partial charge is 0.481 e. The number of hydrogen-bond donors (Lipinski definition) is 1. The van der Waals surface area contributed by atoms with Crippen LogP contribution in [0.5, 0.6) is 5.88 Å². The molecule has 0 aliphatic heterocycles. The number of carbonyl (C=O) groups is 1. The number of unbranched alkanes of at least 4 members (excludes halogenated alkanes) is 1. The summed E-state index contributed by atoms with van der Waals surface area (Å²) < 4.78 is 5.86. The maximum absolute atomic E-state index is 10.9. The number of aliphatic carboxylic acids is 1. The molecule has 0 radical (unpaired) electrons. The summed E-state index contributed by atoms with van der Waals surface area (Å²) in [6, 6.07) is 17.6. The molecule has 3 aromatic rings. The number of nitrogens with zero attached hydrogens (tertiary/aromatic N) is 1. The average Bonchev–Trinajstić information content (AvgIpc) is 2.67. The Hall–Kier alpha value is -2.59. The van der Waals surface area contributed by atoms with Crippen LogP contribution in [0.3, 0.4) is 0 Å². The molecule has 1 N–H and O–H groups in total. The van der Waals surface area contributed by atoms with Crippen LogP contribution in [0.4, 0.5) is 0 Å². The van der Waals surface area contributed by atoms with Gasteiger partial charge in [0, 0.05) is 16.5 Å². The molecule has 0 saturated carbocycles. The summed E-state index contributed by atoms with van der Waals surface area (Å²) in [5.41, 5.74) is 2.98.